The van der Waals surface area contributed by atoms with Crippen molar-refractivity contribution in [3.63, 3.8) is 0 Å². The molecule has 0 saturated heterocycles. The average Bonchev–Trinajstić information content (AvgIpc) is 2.10. The number of ether oxygens (including phenoxy) is 1. The molecule has 5 nitrogen and oxygen atoms in total. The smallest absolute Gasteiger partial charge is 0.410 e. The fraction of sp³-hybridized carbons (Fsp3) is 0.800. The Morgan fingerprint density at radius 2 is 1.80 bits per heavy atom. The number of carbonyl (C=O) groups is 2. The van der Waals surface area contributed by atoms with Crippen LogP contribution in [-0.4, -0.2) is 55.1 Å². The Kier molecular flexibility index (Phi) is 5.11. The average molecular weight is 216 g/mol. The van der Waals surface area contributed by atoms with Crippen LogP contribution in [0.25, 0.3) is 0 Å². The molecule has 0 N–H and O–H groups in total. The molecule has 0 aliphatic rings. The molecule has 0 bridgehead atoms. The second-order valence-corrected chi connectivity index (χ2v) is 4.49. The molecule has 0 heterocycles. The third kappa shape index (κ3) is 6.76. The van der Waals surface area contributed by atoms with E-state index in [1.165, 1.54) is 9.80 Å². The minimum Gasteiger partial charge on any atom is -0.444 e. The lowest BCUT2D eigenvalue weighted by molar-refractivity contribution is -0.117. The molecule has 0 fully saturated rings. The molecule has 0 atom stereocenters. The first-order valence-corrected chi connectivity index (χ1v) is 4.86. The summed E-state index contributed by atoms with van der Waals surface area (Å²) in [7, 11) is 3.31. The SMILES string of the molecule is CN(C=O)CCN(C)C(=O)OC(C)(C)C. The molecule has 0 spiro atoms. The van der Waals surface area contributed by atoms with Crippen molar-refractivity contribution in [2.75, 3.05) is 27.2 Å². The van der Waals surface area contributed by atoms with E-state index in [2.05, 4.69) is 0 Å². The Labute approximate surface area is 91.0 Å². The number of amides is 2. The molecule has 88 valence electrons. The minimum atomic E-state index is -0.484. The van der Waals surface area contributed by atoms with E-state index in [4.69, 9.17) is 4.74 Å². The van der Waals surface area contributed by atoms with Gasteiger partial charge in [-0.3, -0.25) is 4.79 Å². The van der Waals surface area contributed by atoms with Gasteiger partial charge >= 0.3 is 6.09 Å². The maximum absolute atomic E-state index is 11.5. The molecular weight excluding hydrogens is 196 g/mol. The van der Waals surface area contributed by atoms with Crippen molar-refractivity contribution in [3.05, 3.63) is 0 Å². The standard InChI is InChI=1S/C10H20N2O3/c1-10(2,3)15-9(14)12(5)7-6-11(4)8-13/h8H,6-7H2,1-5H3. The highest BCUT2D eigenvalue weighted by molar-refractivity contribution is 5.67. The van der Waals surface area contributed by atoms with Crippen LogP contribution in [0.15, 0.2) is 0 Å². The minimum absolute atomic E-state index is 0.373. The first kappa shape index (κ1) is 13.7. The molecule has 0 saturated carbocycles. The van der Waals surface area contributed by atoms with Crippen molar-refractivity contribution in [1.29, 1.82) is 0 Å². The Morgan fingerprint density at radius 3 is 2.20 bits per heavy atom. The van der Waals surface area contributed by atoms with Crippen molar-refractivity contribution >= 4 is 12.5 Å². The summed E-state index contributed by atoms with van der Waals surface area (Å²) in [6, 6.07) is 0. The fourth-order valence-electron chi connectivity index (χ4n) is 0.792. The molecule has 5 heteroatoms. The molecule has 0 aliphatic carbocycles. The molecule has 0 radical (unpaired) electrons. The van der Waals surface area contributed by atoms with E-state index in [0.717, 1.165) is 6.41 Å². The number of hydrogen-bond donors (Lipinski definition) is 0. The van der Waals surface area contributed by atoms with Crippen molar-refractivity contribution in [2.45, 2.75) is 26.4 Å². The van der Waals surface area contributed by atoms with Crippen LogP contribution < -0.4 is 0 Å². The Hall–Kier alpha value is -1.26. The second-order valence-electron chi connectivity index (χ2n) is 4.49. The number of rotatable bonds is 4. The van der Waals surface area contributed by atoms with Crippen LogP contribution in [0.4, 0.5) is 4.79 Å². The zero-order chi connectivity index (χ0) is 12.1. The molecule has 2 amide bonds. The van der Waals surface area contributed by atoms with Gasteiger partial charge in [0.2, 0.25) is 6.41 Å². The molecule has 15 heavy (non-hydrogen) atoms. The summed E-state index contributed by atoms with van der Waals surface area (Å²) in [6.07, 6.45) is 0.352. The van der Waals surface area contributed by atoms with Gasteiger partial charge in [0.1, 0.15) is 5.60 Å². The molecule has 0 aliphatic heterocycles. The molecule has 0 aromatic rings. The summed E-state index contributed by atoms with van der Waals surface area (Å²) in [5, 5.41) is 0. The first-order valence-electron chi connectivity index (χ1n) is 4.86. The van der Waals surface area contributed by atoms with E-state index in [-0.39, 0.29) is 6.09 Å². The maximum Gasteiger partial charge on any atom is 0.410 e. The molecule has 0 aromatic heterocycles. The van der Waals surface area contributed by atoms with Gasteiger partial charge in [0.15, 0.2) is 0 Å². The zero-order valence-electron chi connectivity index (χ0n) is 10.1. The van der Waals surface area contributed by atoms with Gasteiger partial charge < -0.3 is 14.5 Å². The summed E-state index contributed by atoms with van der Waals surface area (Å²) in [5.41, 5.74) is -0.484. The van der Waals surface area contributed by atoms with Gasteiger partial charge in [-0.1, -0.05) is 0 Å². The highest BCUT2D eigenvalue weighted by Gasteiger charge is 2.19. The lowest BCUT2D eigenvalue weighted by Gasteiger charge is -2.25. The topological polar surface area (TPSA) is 49.9 Å². The van der Waals surface area contributed by atoms with Gasteiger partial charge in [0.05, 0.1) is 0 Å². The monoisotopic (exact) mass is 216 g/mol. The predicted octanol–water partition coefficient (Wildman–Crippen LogP) is 0.941. The predicted molar refractivity (Wildman–Crippen MR) is 57.6 cm³/mol. The highest BCUT2D eigenvalue weighted by Crippen LogP contribution is 2.08. The van der Waals surface area contributed by atoms with Crippen LogP contribution in [0.1, 0.15) is 20.8 Å². The Morgan fingerprint density at radius 1 is 1.27 bits per heavy atom. The highest BCUT2D eigenvalue weighted by atomic mass is 16.6. The Bertz CT molecular complexity index is 223. The quantitative estimate of drug-likeness (QED) is 0.657. The van der Waals surface area contributed by atoms with Crippen molar-refractivity contribution in [2.24, 2.45) is 0 Å². The molecular formula is C10H20N2O3. The summed E-state index contributed by atoms with van der Waals surface area (Å²) in [5.74, 6) is 0. The lowest BCUT2D eigenvalue weighted by atomic mass is 10.2. The third-order valence-electron chi connectivity index (χ3n) is 1.67. The van der Waals surface area contributed by atoms with Crippen molar-refractivity contribution in [3.8, 4) is 0 Å². The van der Waals surface area contributed by atoms with Gasteiger partial charge in [0.25, 0.3) is 0 Å². The summed E-state index contributed by atoms with van der Waals surface area (Å²) in [4.78, 5) is 24.7. The van der Waals surface area contributed by atoms with E-state index >= 15 is 0 Å². The number of hydrogen-bond acceptors (Lipinski definition) is 3. The molecule has 0 unspecified atom stereocenters. The summed E-state index contributed by atoms with van der Waals surface area (Å²) in [6.45, 7) is 6.41. The number of carbonyl (C=O) groups excluding carboxylic acids is 2. The van der Waals surface area contributed by atoms with Gasteiger partial charge in [-0.25, -0.2) is 4.79 Å². The van der Waals surface area contributed by atoms with Crippen molar-refractivity contribution in [1.82, 2.24) is 9.80 Å². The van der Waals surface area contributed by atoms with E-state index in [0.29, 0.717) is 13.1 Å². The van der Waals surface area contributed by atoms with E-state index in [1.807, 2.05) is 20.8 Å². The largest absolute Gasteiger partial charge is 0.444 e. The van der Waals surface area contributed by atoms with Gasteiger partial charge in [-0.2, -0.15) is 0 Å². The van der Waals surface area contributed by atoms with Crippen LogP contribution in [0.3, 0.4) is 0 Å². The van der Waals surface area contributed by atoms with E-state index in [1.54, 1.807) is 14.1 Å². The van der Waals surface area contributed by atoms with E-state index < -0.39 is 5.60 Å². The normalized spacial score (nSPS) is 10.7. The number of likely N-dealkylation sites (N-methyl/N-ethyl adjacent to an activating group) is 2. The van der Waals surface area contributed by atoms with Crippen LogP contribution in [0, 0.1) is 0 Å². The van der Waals surface area contributed by atoms with Crippen LogP contribution >= 0.6 is 0 Å². The van der Waals surface area contributed by atoms with Crippen molar-refractivity contribution < 1.29 is 14.3 Å². The van der Waals surface area contributed by atoms with Gasteiger partial charge in [0, 0.05) is 27.2 Å². The maximum atomic E-state index is 11.5. The molecule has 0 rings (SSSR count). The molecule has 0 aromatic carbocycles. The van der Waals surface area contributed by atoms with Crippen LogP contribution in [0.2, 0.25) is 0 Å². The third-order valence-corrected chi connectivity index (χ3v) is 1.67. The van der Waals surface area contributed by atoms with Crippen LogP contribution in [0.5, 0.6) is 0 Å². The number of nitrogens with zero attached hydrogens (tertiary/aromatic N) is 2. The first-order chi connectivity index (χ1) is 6.76. The van der Waals surface area contributed by atoms with Crippen LogP contribution in [-0.2, 0) is 9.53 Å². The van der Waals surface area contributed by atoms with E-state index in [9.17, 15) is 9.59 Å². The second kappa shape index (κ2) is 5.58. The summed E-state index contributed by atoms with van der Waals surface area (Å²) >= 11 is 0. The fourth-order valence-corrected chi connectivity index (χ4v) is 0.792. The summed E-state index contributed by atoms with van der Waals surface area (Å²) < 4.78 is 5.15. The Balaban J connectivity index is 3.95. The van der Waals surface area contributed by atoms with Gasteiger partial charge in [-0.05, 0) is 20.8 Å². The van der Waals surface area contributed by atoms with Gasteiger partial charge in [-0.15, -0.1) is 0 Å². The lowest BCUT2D eigenvalue weighted by Crippen LogP contribution is -2.38. The zero-order valence-corrected chi connectivity index (χ0v) is 10.1.